The second-order valence-corrected chi connectivity index (χ2v) is 11.8. The van der Waals surface area contributed by atoms with Gasteiger partial charge in [0, 0.05) is 70.7 Å². The van der Waals surface area contributed by atoms with Crippen molar-refractivity contribution in [1.29, 1.82) is 0 Å². The van der Waals surface area contributed by atoms with E-state index >= 15 is 0 Å². The van der Waals surface area contributed by atoms with Crippen molar-refractivity contribution in [2.45, 2.75) is 65.8 Å². The number of nitrogens with two attached hydrogens (primary N) is 1. The first-order valence-corrected chi connectivity index (χ1v) is 15.8. The number of hydrogen-bond donors (Lipinski definition) is 2. The molecule has 10 nitrogen and oxygen atoms in total. The summed E-state index contributed by atoms with van der Waals surface area (Å²) in [6.45, 7) is 3.02. The van der Waals surface area contributed by atoms with E-state index < -0.39 is 5.97 Å². The maximum Gasteiger partial charge on any atom is 0.335 e. The van der Waals surface area contributed by atoms with Crippen LogP contribution in [-0.4, -0.2) is 64.6 Å². The average molecular weight is 640 g/mol. The lowest BCUT2D eigenvalue weighted by atomic mass is 10.0. The minimum atomic E-state index is -0.889. The standard InChI is InChI=1S/C27H34N6O.C9H11NO2.CH4/c1-4-5-12-23-31-25-26(24-21(30-27(25)28)10-9-17-29-24)33(23)18-8-6-7-11-22(34)19-13-15-20(16-14-19)32(2)3;1-10(2)8-5-3-7(4-6-8)9(11)12;/h9-10,13-17H,4-8,11-12,18H2,1-3H3,(H2,28,30);3-6H,1-2H3,(H,11,12);1H4. The summed E-state index contributed by atoms with van der Waals surface area (Å²) < 4.78 is 2.28. The molecule has 3 aromatic heterocycles. The van der Waals surface area contributed by atoms with Gasteiger partial charge in [-0.05, 0) is 79.9 Å². The van der Waals surface area contributed by atoms with Gasteiger partial charge >= 0.3 is 5.97 Å². The smallest absolute Gasteiger partial charge is 0.335 e. The molecule has 0 fully saturated rings. The molecule has 0 saturated heterocycles. The first-order valence-electron chi connectivity index (χ1n) is 15.8. The van der Waals surface area contributed by atoms with Crippen molar-refractivity contribution in [3.63, 3.8) is 0 Å². The largest absolute Gasteiger partial charge is 0.478 e. The van der Waals surface area contributed by atoms with Crippen LogP contribution in [0.2, 0.25) is 0 Å². The topological polar surface area (TPSA) is 130 Å². The van der Waals surface area contributed by atoms with Crippen molar-refractivity contribution in [2.24, 2.45) is 0 Å². The Morgan fingerprint density at radius 2 is 1.43 bits per heavy atom. The van der Waals surface area contributed by atoms with E-state index in [1.54, 1.807) is 30.5 Å². The Hall–Kier alpha value is -4.99. The van der Waals surface area contributed by atoms with Crippen molar-refractivity contribution in [3.8, 4) is 0 Å². The third kappa shape index (κ3) is 9.28. The van der Waals surface area contributed by atoms with E-state index in [0.717, 1.165) is 89.9 Å². The van der Waals surface area contributed by atoms with Crippen LogP contribution in [0.3, 0.4) is 0 Å². The fourth-order valence-corrected chi connectivity index (χ4v) is 5.26. The molecule has 0 saturated carbocycles. The number of carboxylic acids is 1. The van der Waals surface area contributed by atoms with Crippen molar-refractivity contribution in [3.05, 3.63) is 83.8 Å². The predicted molar refractivity (Wildman–Crippen MR) is 194 cm³/mol. The number of nitrogens with zero attached hydrogens (tertiary/aromatic N) is 6. The van der Waals surface area contributed by atoms with Crippen LogP contribution in [0.1, 0.15) is 79.4 Å². The highest BCUT2D eigenvalue weighted by Gasteiger charge is 2.18. The lowest BCUT2D eigenvalue weighted by molar-refractivity contribution is 0.0696. The highest BCUT2D eigenvalue weighted by atomic mass is 16.4. The molecule has 0 unspecified atom stereocenters. The zero-order valence-electron chi connectivity index (χ0n) is 27.5. The minimum Gasteiger partial charge on any atom is -0.478 e. The normalized spacial score (nSPS) is 10.7. The number of pyridine rings is 2. The van der Waals surface area contributed by atoms with Gasteiger partial charge in [-0.25, -0.2) is 14.8 Å². The first-order chi connectivity index (χ1) is 22.1. The first kappa shape index (κ1) is 36.5. The second-order valence-electron chi connectivity index (χ2n) is 11.8. The van der Waals surface area contributed by atoms with Crippen LogP contribution >= 0.6 is 0 Å². The van der Waals surface area contributed by atoms with E-state index in [9.17, 15) is 9.59 Å². The molecule has 250 valence electrons. The molecule has 0 amide bonds. The van der Waals surface area contributed by atoms with Gasteiger partial charge in [0.1, 0.15) is 22.4 Å². The summed E-state index contributed by atoms with van der Waals surface area (Å²) in [6.07, 6.45) is 8.24. The number of fused-ring (bicyclic) bond motifs is 3. The number of hydrogen-bond acceptors (Lipinski definition) is 8. The molecule has 2 aromatic carbocycles. The summed E-state index contributed by atoms with van der Waals surface area (Å²) in [5.41, 5.74) is 12.8. The van der Waals surface area contributed by atoms with Crippen molar-refractivity contribution >= 4 is 51.0 Å². The van der Waals surface area contributed by atoms with E-state index in [2.05, 4.69) is 21.5 Å². The van der Waals surface area contributed by atoms with Crippen molar-refractivity contribution in [1.82, 2.24) is 19.5 Å². The zero-order chi connectivity index (χ0) is 33.2. The van der Waals surface area contributed by atoms with Gasteiger partial charge in [0.25, 0.3) is 0 Å². The summed E-state index contributed by atoms with van der Waals surface area (Å²) in [5, 5.41) is 8.60. The predicted octanol–water partition coefficient (Wildman–Crippen LogP) is 7.50. The molecule has 0 radical (unpaired) electrons. The molecule has 10 heteroatoms. The third-order valence-electron chi connectivity index (χ3n) is 7.92. The number of rotatable bonds is 13. The van der Waals surface area contributed by atoms with E-state index in [1.807, 2.05) is 74.4 Å². The number of carbonyl (C=O) groups is 2. The number of benzene rings is 2. The molecule has 5 aromatic rings. The van der Waals surface area contributed by atoms with Gasteiger partial charge in [0.15, 0.2) is 11.6 Å². The average Bonchev–Trinajstić information content (AvgIpc) is 3.43. The van der Waals surface area contributed by atoms with Gasteiger partial charge < -0.3 is 25.2 Å². The summed E-state index contributed by atoms with van der Waals surface area (Å²) >= 11 is 0. The number of carbonyl (C=O) groups excluding carboxylic acids is 1. The lowest BCUT2D eigenvalue weighted by Crippen LogP contribution is -2.09. The maximum absolute atomic E-state index is 12.6. The van der Waals surface area contributed by atoms with Crippen LogP contribution in [0.15, 0.2) is 66.9 Å². The number of aromatic carboxylic acids is 1. The van der Waals surface area contributed by atoms with Crippen LogP contribution in [0.25, 0.3) is 22.1 Å². The second kappa shape index (κ2) is 17.1. The SMILES string of the molecule is C.CCCCc1nc2c(N)nc3cccnc3c2n1CCCCCC(=O)c1ccc(N(C)C)cc1.CN(C)c1ccc(C(=O)O)cc1. The van der Waals surface area contributed by atoms with Crippen LogP contribution < -0.4 is 15.5 Å². The lowest BCUT2D eigenvalue weighted by Gasteiger charge is -2.12. The van der Waals surface area contributed by atoms with Crippen LogP contribution in [-0.2, 0) is 13.0 Å². The number of ketones is 1. The Bertz CT molecular complexity index is 1760. The van der Waals surface area contributed by atoms with E-state index in [4.69, 9.17) is 15.8 Å². The van der Waals surface area contributed by atoms with Crippen LogP contribution in [0.4, 0.5) is 17.2 Å². The molecule has 5 rings (SSSR count). The number of unbranched alkanes of at least 4 members (excludes halogenated alkanes) is 3. The Morgan fingerprint density at radius 3 is 2.00 bits per heavy atom. The number of imidazole rings is 1. The Kier molecular flexibility index (Phi) is 13.3. The number of aryl methyl sites for hydroxylation is 2. The van der Waals surface area contributed by atoms with Gasteiger partial charge in [-0.1, -0.05) is 27.2 Å². The third-order valence-corrected chi connectivity index (χ3v) is 7.92. The molecule has 3 N–H and O–H groups in total. The van der Waals surface area contributed by atoms with Gasteiger partial charge in [0.05, 0.1) is 11.1 Å². The molecule has 0 aliphatic carbocycles. The maximum atomic E-state index is 12.6. The molecule has 0 aliphatic heterocycles. The molecule has 0 bridgehead atoms. The van der Waals surface area contributed by atoms with Crippen molar-refractivity contribution in [2.75, 3.05) is 43.7 Å². The molecule has 0 aliphatic rings. The molecule has 0 atom stereocenters. The fraction of sp³-hybridized carbons (Fsp3) is 0.378. The van der Waals surface area contributed by atoms with Gasteiger partial charge in [-0.3, -0.25) is 9.78 Å². The minimum absolute atomic E-state index is 0. The molecule has 3 heterocycles. The number of anilines is 3. The summed E-state index contributed by atoms with van der Waals surface area (Å²) in [4.78, 5) is 41.0. The van der Waals surface area contributed by atoms with Gasteiger partial charge in [-0.15, -0.1) is 0 Å². The van der Waals surface area contributed by atoms with Crippen LogP contribution in [0.5, 0.6) is 0 Å². The summed E-state index contributed by atoms with van der Waals surface area (Å²) in [5.74, 6) is 0.815. The Labute approximate surface area is 278 Å². The summed E-state index contributed by atoms with van der Waals surface area (Å²) in [6, 6.07) is 18.4. The number of aromatic nitrogens is 4. The monoisotopic (exact) mass is 639 g/mol. The van der Waals surface area contributed by atoms with E-state index in [-0.39, 0.29) is 13.2 Å². The van der Waals surface area contributed by atoms with E-state index in [1.165, 1.54) is 0 Å². The van der Waals surface area contributed by atoms with Gasteiger partial charge in [0.2, 0.25) is 0 Å². The fourth-order valence-electron chi connectivity index (χ4n) is 5.26. The molecular weight excluding hydrogens is 590 g/mol. The quantitative estimate of drug-likeness (QED) is 0.0993. The number of carboxylic acid groups (broad SMARTS) is 1. The Balaban J connectivity index is 0.000000391. The Morgan fingerprint density at radius 1 is 0.809 bits per heavy atom. The number of Topliss-reactive ketones (excluding diaryl/α,β-unsaturated/α-hetero) is 1. The van der Waals surface area contributed by atoms with Crippen LogP contribution in [0, 0.1) is 0 Å². The van der Waals surface area contributed by atoms with E-state index in [0.29, 0.717) is 17.8 Å². The number of nitrogen functional groups attached to an aromatic ring is 1. The zero-order valence-corrected chi connectivity index (χ0v) is 27.5. The highest BCUT2D eigenvalue weighted by molar-refractivity contribution is 6.04. The molecule has 47 heavy (non-hydrogen) atoms. The van der Waals surface area contributed by atoms with Gasteiger partial charge in [-0.2, -0.15) is 0 Å². The van der Waals surface area contributed by atoms with Crippen molar-refractivity contribution < 1.29 is 14.7 Å². The highest BCUT2D eigenvalue weighted by Crippen LogP contribution is 2.28. The summed E-state index contributed by atoms with van der Waals surface area (Å²) in [7, 11) is 7.82. The molecular formula is C37H49N7O3. The molecule has 0 spiro atoms.